The number of nitrogens with two attached hydrogens (primary N) is 1. The van der Waals surface area contributed by atoms with Gasteiger partial charge in [-0.1, -0.05) is 28.1 Å². The van der Waals surface area contributed by atoms with E-state index in [1.165, 1.54) is 0 Å². The number of benzene rings is 1. The highest BCUT2D eigenvalue weighted by atomic mass is 79.9. The molecule has 2 rings (SSSR count). The van der Waals surface area contributed by atoms with Crippen molar-refractivity contribution in [3.05, 3.63) is 46.8 Å². The molecule has 0 spiro atoms. The quantitative estimate of drug-likeness (QED) is 0.938. The van der Waals surface area contributed by atoms with Crippen LogP contribution in [0.5, 0.6) is 0 Å². The van der Waals surface area contributed by atoms with E-state index in [9.17, 15) is 0 Å². The van der Waals surface area contributed by atoms with Gasteiger partial charge in [-0.2, -0.15) is 0 Å². The molecule has 1 aromatic heterocycles. The van der Waals surface area contributed by atoms with Gasteiger partial charge in [-0.3, -0.25) is 0 Å². The standard InChI is InChI=1S/C12H12BrN3/c13-11-3-1-9(2-4-11)12-10(5-6-14)7-15-8-16-12/h1-4,7-8H,5-6,14H2. The lowest BCUT2D eigenvalue weighted by atomic mass is 10.1. The summed E-state index contributed by atoms with van der Waals surface area (Å²) in [4.78, 5) is 8.35. The molecule has 4 heteroatoms. The van der Waals surface area contributed by atoms with Crippen molar-refractivity contribution in [2.24, 2.45) is 5.73 Å². The van der Waals surface area contributed by atoms with Crippen LogP contribution in [-0.4, -0.2) is 16.5 Å². The maximum atomic E-state index is 5.57. The van der Waals surface area contributed by atoms with Crippen LogP contribution in [0.15, 0.2) is 41.3 Å². The molecule has 0 bridgehead atoms. The Bertz CT molecular complexity index is 468. The van der Waals surface area contributed by atoms with E-state index in [4.69, 9.17) is 5.73 Å². The minimum atomic E-state index is 0.608. The van der Waals surface area contributed by atoms with Crippen molar-refractivity contribution in [2.45, 2.75) is 6.42 Å². The maximum absolute atomic E-state index is 5.57. The fourth-order valence-corrected chi connectivity index (χ4v) is 1.83. The normalized spacial score (nSPS) is 10.4. The second kappa shape index (κ2) is 5.18. The molecule has 0 saturated carbocycles. The number of hydrogen-bond donors (Lipinski definition) is 1. The third kappa shape index (κ3) is 2.46. The minimum absolute atomic E-state index is 0.608. The number of halogens is 1. The SMILES string of the molecule is NCCc1cncnc1-c1ccc(Br)cc1. The van der Waals surface area contributed by atoms with Crippen LogP contribution in [-0.2, 0) is 6.42 Å². The summed E-state index contributed by atoms with van der Waals surface area (Å²) in [5, 5.41) is 0. The fourth-order valence-electron chi connectivity index (χ4n) is 1.56. The Morgan fingerprint density at radius 2 is 1.94 bits per heavy atom. The van der Waals surface area contributed by atoms with Crippen LogP contribution < -0.4 is 5.73 Å². The molecule has 2 aromatic rings. The van der Waals surface area contributed by atoms with E-state index in [0.717, 1.165) is 27.7 Å². The smallest absolute Gasteiger partial charge is 0.116 e. The first-order valence-corrected chi connectivity index (χ1v) is 5.85. The highest BCUT2D eigenvalue weighted by Gasteiger charge is 2.05. The minimum Gasteiger partial charge on any atom is -0.330 e. The molecule has 0 aliphatic carbocycles. The van der Waals surface area contributed by atoms with Gasteiger partial charge in [0.25, 0.3) is 0 Å². The second-order valence-electron chi connectivity index (χ2n) is 3.44. The van der Waals surface area contributed by atoms with E-state index in [2.05, 4.69) is 25.9 Å². The van der Waals surface area contributed by atoms with Crippen LogP contribution in [0.25, 0.3) is 11.3 Å². The van der Waals surface area contributed by atoms with E-state index in [-0.39, 0.29) is 0 Å². The third-order valence-electron chi connectivity index (χ3n) is 2.32. The Morgan fingerprint density at radius 3 is 2.62 bits per heavy atom. The lowest BCUT2D eigenvalue weighted by Gasteiger charge is -2.06. The van der Waals surface area contributed by atoms with E-state index < -0.39 is 0 Å². The molecule has 0 aliphatic rings. The van der Waals surface area contributed by atoms with Crippen molar-refractivity contribution >= 4 is 15.9 Å². The monoisotopic (exact) mass is 277 g/mol. The molecule has 0 radical (unpaired) electrons. The lowest BCUT2D eigenvalue weighted by Crippen LogP contribution is -2.05. The van der Waals surface area contributed by atoms with Crippen LogP contribution in [0, 0.1) is 0 Å². The number of nitrogens with zero attached hydrogens (tertiary/aromatic N) is 2. The van der Waals surface area contributed by atoms with Gasteiger partial charge in [0.2, 0.25) is 0 Å². The molecule has 2 N–H and O–H groups in total. The summed E-state index contributed by atoms with van der Waals surface area (Å²) in [6.07, 6.45) is 4.20. The highest BCUT2D eigenvalue weighted by molar-refractivity contribution is 9.10. The predicted octanol–water partition coefficient (Wildman–Crippen LogP) is 2.41. The Labute approximate surface area is 103 Å². The first kappa shape index (κ1) is 11.2. The van der Waals surface area contributed by atoms with E-state index in [0.29, 0.717) is 6.54 Å². The van der Waals surface area contributed by atoms with E-state index in [1.807, 2.05) is 30.5 Å². The van der Waals surface area contributed by atoms with Crippen molar-refractivity contribution in [2.75, 3.05) is 6.54 Å². The van der Waals surface area contributed by atoms with Gasteiger partial charge in [0.15, 0.2) is 0 Å². The van der Waals surface area contributed by atoms with Crippen molar-refractivity contribution < 1.29 is 0 Å². The van der Waals surface area contributed by atoms with Crippen LogP contribution >= 0.6 is 15.9 Å². The largest absolute Gasteiger partial charge is 0.330 e. The van der Waals surface area contributed by atoms with Gasteiger partial charge < -0.3 is 5.73 Å². The summed E-state index contributed by atoms with van der Waals surface area (Å²) in [6, 6.07) is 8.08. The van der Waals surface area contributed by atoms with Gasteiger partial charge in [-0.05, 0) is 30.7 Å². The van der Waals surface area contributed by atoms with Gasteiger partial charge >= 0.3 is 0 Å². The Morgan fingerprint density at radius 1 is 1.19 bits per heavy atom. The van der Waals surface area contributed by atoms with Crippen molar-refractivity contribution in [3.63, 3.8) is 0 Å². The van der Waals surface area contributed by atoms with Crippen LogP contribution in [0.3, 0.4) is 0 Å². The molecule has 82 valence electrons. The van der Waals surface area contributed by atoms with E-state index in [1.54, 1.807) is 6.33 Å². The topological polar surface area (TPSA) is 51.8 Å². The molecule has 1 heterocycles. The predicted molar refractivity (Wildman–Crippen MR) is 67.9 cm³/mol. The molecule has 16 heavy (non-hydrogen) atoms. The number of hydrogen-bond acceptors (Lipinski definition) is 3. The summed E-state index contributed by atoms with van der Waals surface area (Å²) in [7, 11) is 0. The molecule has 0 amide bonds. The first-order valence-electron chi connectivity index (χ1n) is 5.06. The van der Waals surface area contributed by atoms with E-state index >= 15 is 0 Å². The number of aromatic nitrogens is 2. The summed E-state index contributed by atoms with van der Waals surface area (Å²) in [6.45, 7) is 0.608. The lowest BCUT2D eigenvalue weighted by molar-refractivity contribution is 0.944. The summed E-state index contributed by atoms with van der Waals surface area (Å²) < 4.78 is 1.06. The molecular formula is C12H12BrN3. The Kier molecular flexibility index (Phi) is 3.64. The highest BCUT2D eigenvalue weighted by Crippen LogP contribution is 2.22. The summed E-state index contributed by atoms with van der Waals surface area (Å²) in [5.74, 6) is 0. The fraction of sp³-hybridized carbons (Fsp3) is 0.167. The Hall–Kier alpha value is -1.26. The van der Waals surface area contributed by atoms with Crippen molar-refractivity contribution in [3.8, 4) is 11.3 Å². The first-order chi connectivity index (χ1) is 7.81. The second-order valence-corrected chi connectivity index (χ2v) is 4.36. The maximum Gasteiger partial charge on any atom is 0.116 e. The van der Waals surface area contributed by atoms with Crippen LogP contribution in [0.2, 0.25) is 0 Å². The summed E-state index contributed by atoms with van der Waals surface area (Å²) >= 11 is 3.41. The van der Waals surface area contributed by atoms with Gasteiger partial charge in [-0.15, -0.1) is 0 Å². The molecular weight excluding hydrogens is 266 g/mol. The average molecular weight is 278 g/mol. The van der Waals surface area contributed by atoms with Crippen molar-refractivity contribution in [1.29, 1.82) is 0 Å². The average Bonchev–Trinajstić information content (AvgIpc) is 2.32. The van der Waals surface area contributed by atoms with Gasteiger partial charge in [-0.25, -0.2) is 9.97 Å². The van der Waals surface area contributed by atoms with Crippen LogP contribution in [0.4, 0.5) is 0 Å². The zero-order valence-corrected chi connectivity index (χ0v) is 10.3. The van der Waals surface area contributed by atoms with Crippen molar-refractivity contribution in [1.82, 2.24) is 9.97 Å². The zero-order chi connectivity index (χ0) is 11.4. The zero-order valence-electron chi connectivity index (χ0n) is 8.73. The molecule has 0 saturated heterocycles. The third-order valence-corrected chi connectivity index (χ3v) is 2.85. The Balaban J connectivity index is 2.42. The van der Waals surface area contributed by atoms with Crippen LogP contribution in [0.1, 0.15) is 5.56 Å². The number of rotatable bonds is 3. The molecule has 1 aromatic carbocycles. The molecule has 0 fully saturated rings. The molecule has 0 aliphatic heterocycles. The molecule has 0 atom stereocenters. The van der Waals surface area contributed by atoms with Gasteiger partial charge in [0.05, 0.1) is 5.69 Å². The van der Waals surface area contributed by atoms with Gasteiger partial charge in [0.1, 0.15) is 6.33 Å². The van der Waals surface area contributed by atoms with Gasteiger partial charge in [0, 0.05) is 16.2 Å². The molecule has 3 nitrogen and oxygen atoms in total. The molecule has 0 unspecified atom stereocenters. The summed E-state index contributed by atoms with van der Waals surface area (Å²) in [5.41, 5.74) is 8.72.